The number of primary amides is 1. The highest BCUT2D eigenvalue weighted by Crippen LogP contribution is 2.21. The summed E-state index contributed by atoms with van der Waals surface area (Å²) in [6.07, 6.45) is 0.943. The molecule has 2 aromatic carbocycles. The van der Waals surface area contributed by atoms with Crippen molar-refractivity contribution in [3.05, 3.63) is 59.2 Å². The summed E-state index contributed by atoms with van der Waals surface area (Å²) in [7, 11) is 1.75. The number of hydrogen-bond donors (Lipinski definition) is 3. The van der Waals surface area contributed by atoms with Crippen molar-refractivity contribution in [3.63, 3.8) is 0 Å². The van der Waals surface area contributed by atoms with Crippen molar-refractivity contribution in [3.8, 4) is 11.5 Å². The van der Waals surface area contributed by atoms with E-state index >= 15 is 0 Å². The van der Waals surface area contributed by atoms with Crippen molar-refractivity contribution >= 4 is 35.8 Å². The molecule has 2 aromatic rings. The first-order valence-corrected chi connectivity index (χ1v) is 10.1. The number of rotatable bonds is 10. The van der Waals surface area contributed by atoms with Gasteiger partial charge in [-0.3, -0.25) is 9.79 Å². The van der Waals surface area contributed by atoms with E-state index in [1.54, 1.807) is 7.05 Å². The fourth-order valence-electron chi connectivity index (χ4n) is 2.80. The first kappa shape index (κ1) is 26.5. The first-order chi connectivity index (χ1) is 14.4. The molecule has 2 rings (SSSR count). The van der Waals surface area contributed by atoms with Crippen LogP contribution in [0.5, 0.6) is 11.5 Å². The van der Waals surface area contributed by atoms with E-state index in [9.17, 15) is 4.79 Å². The Morgan fingerprint density at radius 3 is 2.45 bits per heavy atom. The molecule has 0 saturated heterocycles. The standard InChI is InChI=1S/C23H32N4O3.HI/c1-16(2)30-21-13-17(3)5-8-19(21)14-27-23(25-4)26-12-11-18-6-9-20(10-7-18)29-15-22(24)28;/h5-10,13,16H,11-12,14-15H2,1-4H3,(H2,24,28)(H2,25,26,27);1H. The van der Waals surface area contributed by atoms with Crippen LogP contribution in [0.2, 0.25) is 0 Å². The molecule has 0 saturated carbocycles. The number of carbonyl (C=O) groups excluding carboxylic acids is 1. The van der Waals surface area contributed by atoms with Gasteiger partial charge >= 0.3 is 0 Å². The van der Waals surface area contributed by atoms with E-state index in [1.807, 2.05) is 38.1 Å². The maximum Gasteiger partial charge on any atom is 0.255 e. The largest absolute Gasteiger partial charge is 0.491 e. The van der Waals surface area contributed by atoms with Crippen LogP contribution in [0.3, 0.4) is 0 Å². The van der Waals surface area contributed by atoms with Crippen LogP contribution in [0.1, 0.15) is 30.5 Å². The second-order valence-corrected chi connectivity index (χ2v) is 7.28. The van der Waals surface area contributed by atoms with Gasteiger partial charge in [-0.05, 0) is 56.5 Å². The number of ether oxygens (including phenoxy) is 2. The maximum absolute atomic E-state index is 10.8. The Labute approximate surface area is 201 Å². The SMILES string of the molecule is CN=C(NCCc1ccc(OCC(N)=O)cc1)NCc1ccc(C)cc1OC(C)C.I. The lowest BCUT2D eigenvalue weighted by atomic mass is 10.1. The third-order valence-electron chi connectivity index (χ3n) is 4.27. The van der Waals surface area contributed by atoms with Crippen LogP contribution in [0.25, 0.3) is 0 Å². The van der Waals surface area contributed by atoms with Gasteiger partial charge < -0.3 is 25.8 Å². The minimum absolute atomic E-state index is 0. The molecule has 1 amide bonds. The highest BCUT2D eigenvalue weighted by Gasteiger charge is 2.07. The summed E-state index contributed by atoms with van der Waals surface area (Å²) in [5.41, 5.74) is 8.48. The van der Waals surface area contributed by atoms with E-state index < -0.39 is 5.91 Å². The van der Waals surface area contributed by atoms with E-state index in [2.05, 4.69) is 40.7 Å². The minimum Gasteiger partial charge on any atom is -0.491 e. The Morgan fingerprint density at radius 2 is 1.84 bits per heavy atom. The van der Waals surface area contributed by atoms with E-state index in [0.717, 1.165) is 35.8 Å². The van der Waals surface area contributed by atoms with E-state index in [1.165, 1.54) is 5.56 Å². The van der Waals surface area contributed by atoms with Crippen molar-refractivity contribution in [2.45, 2.75) is 39.8 Å². The fraction of sp³-hybridized carbons (Fsp3) is 0.391. The quantitative estimate of drug-likeness (QED) is 0.245. The molecule has 8 heteroatoms. The highest BCUT2D eigenvalue weighted by atomic mass is 127. The van der Waals surface area contributed by atoms with Crippen LogP contribution in [0.15, 0.2) is 47.5 Å². The molecule has 7 nitrogen and oxygen atoms in total. The number of halogens is 1. The predicted molar refractivity (Wildman–Crippen MR) is 135 cm³/mol. The summed E-state index contributed by atoms with van der Waals surface area (Å²) in [5.74, 6) is 1.76. The average molecular weight is 540 g/mol. The van der Waals surface area contributed by atoms with Crippen molar-refractivity contribution in [2.24, 2.45) is 10.7 Å². The van der Waals surface area contributed by atoms with Crippen LogP contribution in [0.4, 0.5) is 0 Å². The molecule has 0 atom stereocenters. The summed E-state index contributed by atoms with van der Waals surface area (Å²) in [5, 5.41) is 6.66. The number of nitrogens with one attached hydrogen (secondary N) is 2. The number of hydrogen-bond acceptors (Lipinski definition) is 4. The van der Waals surface area contributed by atoms with E-state index in [0.29, 0.717) is 12.3 Å². The predicted octanol–water partition coefficient (Wildman–Crippen LogP) is 3.17. The Bertz CT molecular complexity index is 854. The van der Waals surface area contributed by atoms with Crippen molar-refractivity contribution in [2.75, 3.05) is 20.2 Å². The topological polar surface area (TPSA) is 98.0 Å². The molecule has 0 aliphatic heterocycles. The molecule has 4 N–H and O–H groups in total. The number of guanidine groups is 1. The van der Waals surface area contributed by atoms with Gasteiger partial charge in [-0.1, -0.05) is 24.3 Å². The van der Waals surface area contributed by atoms with Gasteiger partial charge in [0.05, 0.1) is 6.10 Å². The molecule has 0 radical (unpaired) electrons. The molecular formula is C23H33IN4O3. The molecule has 0 heterocycles. The molecule has 0 aromatic heterocycles. The molecular weight excluding hydrogens is 507 g/mol. The summed E-state index contributed by atoms with van der Waals surface area (Å²) in [6, 6.07) is 13.8. The second-order valence-electron chi connectivity index (χ2n) is 7.28. The van der Waals surface area contributed by atoms with E-state index in [4.69, 9.17) is 15.2 Å². The lowest BCUT2D eigenvalue weighted by Crippen LogP contribution is -2.38. The van der Waals surface area contributed by atoms with Crippen molar-refractivity contribution in [1.82, 2.24) is 10.6 Å². The zero-order valence-corrected chi connectivity index (χ0v) is 20.9. The number of aryl methyl sites for hydroxylation is 1. The van der Waals surface area contributed by atoms with Crippen LogP contribution in [-0.2, 0) is 17.8 Å². The van der Waals surface area contributed by atoms with Gasteiger partial charge in [0.2, 0.25) is 0 Å². The van der Waals surface area contributed by atoms with Gasteiger partial charge in [-0.25, -0.2) is 0 Å². The third-order valence-corrected chi connectivity index (χ3v) is 4.27. The normalized spacial score (nSPS) is 10.9. The van der Waals surface area contributed by atoms with Crippen LogP contribution in [0, 0.1) is 6.92 Å². The van der Waals surface area contributed by atoms with Crippen LogP contribution < -0.4 is 25.8 Å². The molecule has 0 aliphatic carbocycles. The van der Waals surface area contributed by atoms with Crippen molar-refractivity contribution in [1.29, 1.82) is 0 Å². The van der Waals surface area contributed by atoms with Gasteiger partial charge in [-0.15, -0.1) is 24.0 Å². The number of aliphatic imine (C=N–C) groups is 1. The fourth-order valence-corrected chi connectivity index (χ4v) is 2.80. The number of nitrogens with two attached hydrogens (primary N) is 1. The summed E-state index contributed by atoms with van der Waals surface area (Å²) < 4.78 is 11.2. The number of nitrogens with zero attached hydrogens (tertiary/aromatic N) is 1. The van der Waals surface area contributed by atoms with Crippen LogP contribution >= 0.6 is 24.0 Å². The zero-order valence-electron chi connectivity index (χ0n) is 18.6. The Balaban J connectivity index is 0.00000480. The maximum atomic E-state index is 10.8. The van der Waals surface area contributed by atoms with Gasteiger partial charge in [0.15, 0.2) is 12.6 Å². The number of carbonyl (C=O) groups is 1. The highest BCUT2D eigenvalue weighted by molar-refractivity contribution is 14.0. The lowest BCUT2D eigenvalue weighted by Gasteiger charge is -2.17. The molecule has 0 fully saturated rings. The Morgan fingerprint density at radius 1 is 1.13 bits per heavy atom. The van der Waals surface area contributed by atoms with Gasteiger partial charge in [-0.2, -0.15) is 0 Å². The summed E-state index contributed by atoms with van der Waals surface area (Å²) >= 11 is 0. The molecule has 0 bridgehead atoms. The summed E-state index contributed by atoms with van der Waals surface area (Å²) in [6.45, 7) is 7.33. The average Bonchev–Trinajstić information content (AvgIpc) is 2.70. The Kier molecular flexibility index (Phi) is 11.8. The number of benzene rings is 2. The first-order valence-electron chi connectivity index (χ1n) is 10.1. The second kappa shape index (κ2) is 13.7. The molecule has 0 spiro atoms. The smallest absolute Gasteiger partial charge is 0.255 e. The van der Waals surface area contributed by atoms with Crippen molar-refractivity contribution < 1.29 is 14.3 Å². The lowest BCUT2D eigenvalue weighted by molar-refractivity contribution is -0.119. The number of amides is 1. The molecule has 0 unspecified atom stereocenters. The van der Waals surface area contributed by atoms with Gasteiger partial charge in [0.1, 0.15) is 11.5 Å². The molecule has 31 heavy (non-hydrogen) atoms. The monoisotopic (exact) mass is 540 g/mol. The molecule has 0 aliphatic rings. The molecule has 170 valence electrons. The third kappa shape index (κ3) is 9.91. The van der Waals surface area contributed by atoms with Gasteiger partial charge in [0, 0.05) is 25.7 Å². The van der Waals surface area contributed by atoms with Crippen LogP contribution in [-0.4, -0.2) is 38.2 Å². The van der Waals surface area contributed by atoms with Gasteiger partial charge in [0.25, 0.3) is 5.91 Å². The van der Waals surface area contributed by atoms with E-state index in [-0.39, 0.29) is 36.7 Å². The zero-order chi connectivity index (χ0) is 21.9. The minimum atomic E-state index is -0.490. The Hall–Kier alpha value is -2.49. The summed E-state index contributed by atoms with van der Waals surface area (Å²) in [4.78, 5) is 15.0.